The number of hydrogen-bond donors (Lipinski definition) is 0. The molecule has 0 saturated heterocycles. The van der Waals surface area contributed by atoms with Crippen LogP contribution in [-0.4, -0.2) is 16.7 Å². The molecule has 2 heterocycles. The number of nitrogens with zero attached hydrogens (tertiary/aromatic N) is 3. The number of aromatic nitrogens is 2. The molecule has 0 unspecified atom stereocenters. The van der Waals surface area contributed by atoms with Gasteiger partial charge in [0.2, 0.25) is 0 Å². The third kappa shape index (κ3) is 1.88. The summed E-state index contributed by atoms with van der Waals surface area (Å²) in [5.41, 5.74) is 0.244. The van der Waals surface area contributed by atoms with Crippen molar-refractivity contribution in [1.82, 2.24) is 9.55 Å². The highest BCUT2D eigenvalue weighted by atomic mass is 16.5. The van der Waals surface area contributed by atoms with Crippen LogP contribution in [0.4, 0.5) is 0 Å². The van der Waals surface area contributed by atoms with E-state index in [4.69, 9.17) is 10.00 Å². The van der Waals surface area contributed by atoms with Crippen LogP contribution >= 0.6 is 0 Å². The first-order valence-corrected chi connectivity index (χ1v) is 4.88. The van der Waals surface area contributed by atoms with Crippen LogP contribution in [0.1, 0.15) is 5.56 Å². The van der Waals surface area contributed by atoms with Crippen molar-refractivity contribution < 1.29 is 4.74 Å². The molecule has 0 aliphatic rings. The molecule has 5 heteroatoms. The van der Waals surface area contributed by atoms with Gasteiger partial charge >= 0.3 is 0 Å². The van der Waals surface area contributed by atoms with E-state index in [1.54, 1.807) is 36.8 Å². The number of hydrogen-bond acceptors (Lipinski definition) is 4. The third-order valence-electron chi connectivity index (χ3n) is 2.33. The summed E-state index contributed by atoms with van der Waals surface area (Å²) in [7, 11) is 1.42. The highest BCUT2D eigenvalue weighted by Crippen LogP contribution is 2.13. The Morgan fingerprint density at radius 1 is 1.35 bits per heavy atom. The van der Waals surface area contributed by atoms with E-state index in [-0.39, 0.29) is 11.3 Å². The van der Waals surface area contributed by atoms with Gasteiger partial charge in [-0.2, -0.15) is 5.26 Å². The highest BCUT2D eigenvalue weighted by molar-refractivity contribution is 5.43. The predicted molar refractivity (Wildman–Crippen MR) is 61.1 cm³/mol. The molecule has 0 fully saturated rings. The van der Waals surface area contributed by atoms with Gasteiger partial charge < -0.3 is 4.74 Å². The summed E-state index contributed by atoms with van der Waals surface area (Å²) in [6, 6.07) is 6.81. The lowest BCUT2D eigenvalue weighted by Crippen LogP contribution is -2.21. The Labute approximate surface area is 97.5 Å². The van der Waals surface area contributed by atoms with E-state index in [1.165, 1.54) is 11.7 Å². The quantitative estimate of drug-likeness (QED) is 0.770. The fraction of sp³-hybridized carbons (Fsp3) is 0.0833. The second-order valence-corrected chi connectivity index (χ2v) is 3.25. The summed E-state index contributed by atoms with van der Waals surface area (Å²) >= 11 is 0. The molecule has 0 amide bonds. The van der Waals surface area contributed by atoms with Crippen molar-refractivity contribution in [2.24, 2.45) is 0 Å². The SMILES string of the molecule is COc1ccn(-c2ccncc2)c(=O)c1C#N. The zero-order valence-corrected chi connectivity index (χ0v) is 9.12. The molecule has 84 valence electrons. The molecule has 0 radical (unpaired) electrons. The van der Waals surface area contributed by atoms with Crippen LogP contribution in [0.15, 0.2) is 41.6 Å². The van der Waals surface area contributed by atoms with Gasteiger partial charge in [-0.25, -0.2) is 0 Å². The van der Waals surface area contributed by atoms with Crippen LogP contribution in [0.5, 0.6) is 5.75 Å². The third-order valence-corrected chi connectivity index (χ3v) is 2.33. The molecule has 0 N–H and O–H groups in total. The lowest BCUT2D eigenvalue weighted by Gasteiger charge is -2.07. The smallest absolute Gasteiger partial charge is 0.276 e. The van der Waals surface area contributed by atoms with E-state index < -0.39 is 5.56 Å². The van der Waals surface area contributed by atoms with Crippen molar-refractivity contribution in [3.05, 3.63) is 52.7 Å². The van der Waals surface area contributed by atoms with Gasteiger partial charge in [-0.3, -0.25) is 14.3 Å². The predicted octanol–water partition coefficient (Wildman–Crippen LogP) is 1.11. The van der Waals surface area contributed by atoms with Gasteiger partial charge in [0.15, 0.2) is 5.56 Å². The zero-order valence-electron chi connectivity index (χ0n) is 9.12. The van der Waals surface area contributed by atoms with Gasteiger partial charge in [-0.1, -0.05) is 0 Å². The van der Waals surface area contributed by atoms with Crippen molar-refractivity contribution in [1.29, 1.82) is 5.26 Å². The fourth-order valence-corrected chi connectivity index (χ4v) is 1.50. The first-order chi connectivity index (χ1) is 8.27. The Balaban J connectivity index is 2.68. The second kappa shape index (κ2) is 4.49. The molecular weight excluding hydrogens is 218 g/mol. The summed E-state index contributed by atoms with van der Waals surface area (Å²) in [5, 5.41) is 8.95. The molecule has 0 spiro atoms. The Kier molecular flexibility index (Phi) is 2.88. The number of methoxy groups -OCH3 is 1. The maximum Gasteiger partial charge on any atom is 0.276 e. The number of rotatable bonds is 2. The molecule has 2 rings (SSSR count). The normalized spacial score (nSPS) is 9.65. The monoisotopic (exact) mass is 227 g/mol. The molecule has 17 heavy (non-hydrogen) atoms. The average molecular weight is 227 g/mol. The van der Waals surface area contributed by atoms with Crippen LogP contribution in [0, 0.1) is 11.3 Å². The number of nitriles is 1. The van der Waals surface area contributed by atoms with E-state index in [0.29, 0.717) is 5.69 Å². The lowest BCUT2D eigenvalue weighted by atomic mass is 10.2. The molecule has 2 aromatic rings. The van der Waals surface area contributed by atoms with Gasteiger partial charge in [-0.15, -0.1) is 0 Å². The van der Waals surface area contributed by atoms with E-state index in [2.05, 4.69) is 4.98 Å². The summed E-state index contributed by atoms with van der Waals surface area (Å²) < 4.78 is 6.34. The van der Waals surface area contributed by atoms with Crippen molar-refractivity contribution in [2.45, 2.75) is 0 Å². The second-order valence-electron chi connectivity index (χ2n) is 3.25. The lowest BCUT2D eigenvalue weighted by molar-refractivity contribution is 0.411. The molecule has 0 saturated carbocycles. The minimum absolute atomic E-state index is 0.00758. The summed E-state index contributed by atoms with van der Waals surface area (Å²) in [6.07, 6.45) is 4.73. The Hall–Kier alpha value is -2.61. The topological polar surface area (TPSA) is 67.9 Å². The molecule has 0 bridgehead atoms. The largest absolute Gasteiger partial charge is 0.495 e. The van der Waals surface area contributed by atoms with Crippen LogP contribution in [0.25, 0.3) is 5.69 Å². The average Bonchev–Trinajstić information content (AvgIpc) is 2.39. The minimum Gasteiger partial charge on any atom is -0.495 e. The minimum atomic E-state index is -0.405. The molecule has 5 nitrogen and oxygen atoms in total. The maximum absolute atomic E-state index is 12.0. The standard InChI is InChI=1S/C12H9N3O2/c1-17-11-4-7-15(12(16)10(11)8-13)9-2-5-14-6-3-9/h2-7H,1H3. The highest BCUT2D eigenvalue weighted by Gasteiger charge is 2.10. The number of ether oxygens (including phenoxy) is 1. The van der Waals surface area contributed by atoms with Crippen LogP contribution in [-0.2, 0) is 0 Å². The van der Waals surface area contributed by atoms with Crippen molar-refractivity contribution >= 4 is 0 Å². The maximum atomic E-state index is 12.0. The van der Waals surface area contributed by atoms with Gasteiger partial charge in [0, 0.05) is 18.6 Å². The zero-order chi connectivity index (χ0) is 12.3. The van der Waals surface area contributed by atoms with Gasteiger partial charge in [0.25, 0.3) is 5.56 Å². The van der Waals surface area contributed by atoms with Crippen LogP contribution in [0.3, 0.4) is 0 Å². The molecule has 0 aliphatic heterocycles. The number of pyridine rings is 2. The Bertz CT molecular complexity index is 626. The van der Waals surface area contributed by atoms with Crippen molar-refractivity contribution in [3.63, 3.8) is 0 Å². The summed E-state index contributed by atoms with van der Waals surface area (Å²) in [4.78, 5) is 15.9. The first-order valence-electron chi connectivity index (χ1n) is 4.88. The van der Waals surface area contributed by atoms with Gasteiger partial charge in [-0.05, 0) is 18.2 Å². The van der Waals surface area contributed by atoms with Gasteiger partial charge in [0.1, 0.15) is 11.8 Å². The molecular formula is C12H9N3O2. The Morgan fingerprint density at radius 2 is 2.06 bits per heavy atom. The molecule has 0 aliphatic carbocycles. The van der Waals surface area contributed by atoms with Crippen LogP contribution < -0.4 is 10.3 Å². The Morgan fingerprint density at radius 3 is 2.65 bits per heavy atom. The summed E-state index contributed by atoms with van der Waals surface area (Å²) in [5.74, 6) is 0.280. The first kappa shape index (κ1) is 10.9. The van der Waals surface area contributed by atoms with E-state index >= 15 is 0 Å². The van der Waals surface area contributed by atoms with Crippen LogP contribution in [0.2, 0.25) is 0 Å². The van der Waals surface area contributed by atoms with Gasteiger partial charge in [0.05, 0.1) is 12.8 Å². The van der Waals surface area contributed by atoms with E-state index in [9.17, 15) is 4.79 Å². The summed E-state index contributed by atoms with van der Waals surface area (Å²) in [6.45, 7) is 0. The molecule has 0 atom stereocenters. The molecule has 0 aromatic carbocycles. The van der Waals surface area contributed by atoms with E-state index in [1.807, 2.05) is 6.07 Å². The fourth-order valence-electron chi connectivity index (χ4n) is 1.50. The van der Waals surface area contributed by atoms with Crippen molar-refractivity contribution in [3.8, 4) is 17.5 Å². The van der Waals surface area contributed by atoms with Crippen molar-refractivity contribution in [2.75, 3.05) is 7.11 Å². The molecule has 2 aromatic heterocycles. The van der Waals surface area contributed by atoms with E-state index in [0.717, 1.165) is 0 Å².